The predicted molar refractivity (Wildman–Crippen MR) is 188 cm³/mol. The standard InChI is InChI=1S/C35H49N7O10/c1-20(2)30(34(50)39-25(35(51)52)10-6-7-15-36)42-28(44)19-38-32(48)27(18-29(45)46)41-33(49)26(17-21-8-4-3-5-9-21)40-31(47)24(37)16-22-11-13-23(43)14-12-22/h3-5,8-9,11-14,20,24-27,30,43H,6-7,10,15-19,36-37H2,1-2H3,(H,38,48)(H,39,50)(H,40,47)(H,41,49)(H,42,44)(H,45,46)(H,51,52)/t24-,25-,26-,27-,30-/m0/s1. The fourth-order valence-corrected chi connectivity index (χ4v) is 5.03. The summed E-state index contributed by atoms with van der Waals surface area (Å²) in [4.78, 5) is 88.7. The molecule has 17 nitrogen and oxygen atoms in total. The van der Waals surface area contributed by atoms with Crippen LogP contribution in [0.4, 0.5) is 0 Å². The van der Waals surface area contributed by atoms with Crippen LogP contribution in [-0.4, -0.2) is 100 Å². The van der Waals surface area contributed by atoms with Crippen LogP contribution < -0.4 is 38.1 Å². The SMILES string of the molecule is CC(C)[C@H](NC(=O)CNC(=O)[C@H](CC(=O)O)NC(=O)[C@H](Cc1ccccc1)NC(=O)[C@@H](N)Cc1ccc(O)cc1)C(=O)N[C@@H](CCCCN)C(=O)O. The zero-order valence-electron chi connectivity index (χ0n) is 29.2. The van der Waals surface area contributed by atoms with Gasteiger partial charge in [0.25, 0.3) is 0 Å². The Balaban J connectivity index is 2.12. The van der Waals surface area contributed by atoms with Crippen LogP contribution in [0.3, 0.4) is 0 Å². The molecule has 0 aliphatic carbocycles. The zero-order valence-corrected chi connectivity index (χ0v) is 29.2. The number of rotatable bonds is 22. The Morgan fingerprint density at radius 3 is 1.87 bits per heavy atom. The minimum Gasteiger partial charge on any atom is -0.508 e. The van der Waals surface area contributed by atoms with Crippen LogP contribution in [0.15, 0.2) is 54.6 Å². The third-order valence-corrected chi connectivity index (χ3v) is 7.91. The van der Waals surface area contributed by atoms with Gasteiger partial charge in [-0.3, -0.25) is 28.8 Å². The van der Waals surface area contributed by atoms with Gasteiger partial charge in [0, 0.05) is 6.42 Å². The lowest BCUT2D eigenvalue weighted by Crippen LogP contribution is -2.58. The van der Waals surface area contributed by atoms with E-state index in [1.54, 1.807) is 56.3 Å². The second kappa shape index (κ2) is 21.6. The Labute approximate surface area is 301 Å². The van der Waals surface area contributed by atoms with Gasteiger partial charge in [-0.2, -0.15) is 0 Å². The first kappa shape index (κ1) is 42.6. The zero-order chi connectivity index (χ0) is 38.8. The molecule has 2 rings (SSSR count). The number of carboxylic acids is 2. The summed E-state index contributed by atoms with van der Waals surface area (Å²) >= 11 is 0. The monoisotopic (exact) mass is 727 g/mol. The summed E-state index contributed by atoms with van der Waals surface area (Å²) in [5.41, 5.74) is 12.8. The molecule has 12 N–H and O–H groups in total. The quantitative estimate of drug-likeness (QED) is 0.0647. The number of phenolic OH excluding ortho intramolecular Hbond substituents is 1. The molecule has 0 fully saturated rings. The Bertz CT molecular complexity index is 1520. The van der Waals surface area contributed by atoms with Crippen LogP contribution in [0.25, 0.3) is 0 Å². The summed E-state index contributed by atoms with van der Waals surface area (Å²) in [5, 5.41) is 40.5. The van der Waals surface area contributed by atoms with Gasteiger partial charge >= 0.3 is 11.9 Å². The molecule has 0 saturated carbocycles. The Morgan fingerprint density at radius 2 is 1.29 bits per heavy atom. The van der Waals surface area contributed by atoms with Crippen molar-refractivity contribution in [1.29, 1.82) is 0 Å². The minimum atomic E-state index is -1.67. The van der Waals surface area contributed by atoms with Crippen LogP contribution >= 0.6 is 0 Å². The molecular formula is C35H49N7O10. The molecule has 0 heterocycles. The van der Waals surface area contributed by atoms with E-state index in [2.05, 4.69) is 26.6 Å². The maximum absolute atomic E-state index is 13.5. The number of hydrogen-bond acceptors (Lipinski definition) is 10. The van der Waals surface area contributed by atoms with Crippen LogP contribution in [0.1, 0.15) is 50.7 Å². The second-order valence-corrected chi connectivity index (χ2v) is 12.6. The highest BCUT2D eigenvalue weighted by molar-refractivity contribution is 5.96. The normalized spacial score (nSPS) is 13.8. The summed E-state index contributed by atoms with van der Waals surface area (Å²) in [7, 11) is 0. The number of nitrogens with two attached hydrogens (primary N) is 2. The Kier molecular flexibility index (Phi) is 17.7. The van der Waals surface area contributed by atoms with Crippen LogP contribution in [-0.2, 0) is 46.4 Å². The van der Waals surface area contributed by atoms with Crippen molar-refractivity contribution in [2.45, 2.75) is 82.6 Å². The molecule has 0 bridgehead atoms. The number of unbranched alkanes of at least 4 members (excludes halogenated alkanes) is 1. The number of carbonyl (C=O) groups is 7. The number of carboxylic acid groups (broad SMARTS) is 2. The van der Waals surface area contributed by atoms with Crippen LogP contribution in [0.2, 0.25) is 0 Å². The van der Waals surface area contributed by atoms with Gasteiger partial charge in [-0.05, 0) is 61.4 Å². The smallest absolute Gasteiger partial charge is 0.326 e. The summed E-state index contributed by atoms with van der Waals surface area (Å²) < 4.78 is 0. The van der Waals surface area contributed by atoms with E-state index in [1.807, 2.05) is 0 Å². The maximum atomic E-state index is 13.5. The number of aromatic hydroxyl groups is 1. The predicted octanol–water partition coefficient (Wildman–Crippen LogP) is -1.10. The largest absolute Gasteiger partial charge is 0.508 e. The number of hydrogen-bond donors (Lipinski definition) is 10. The average molecular weight is 728 g/mol. The Morgan fingerprint density at radius 1 is 0.692 bits per heavy atom. The van der Waals surface area contributed by atoms with Crippen molar-refractivity contribution in [3.8, 4) is 5.75 Å². The molecule has 284 valence electrons. The van der Waals surface area contributed by atoms with Crippen molar-refractivity contribution < 1.29 is 48.9 Å². The number of nitrogens with one attached hydrogen (secondary N) is 5. The summed E-state index contributed by atoms with van der Waals surface area (Å²) in [5.74, 6) is -7.36. The lowest BCUT2D eigenvalue weighted by Gasteiger charge is -2.25. The molecule has 0 unspecified atom stereocenters. The van der Waals surface area contributed by atoms with Crippen molar-refractivity contribution >= 4 is 41.5 Å². The van der Waals surface area contributed by atoms with Gasteiger partial charge in [-0.25, -0.2) is 4.79 Å². The number of amides is 5. The van der Waals surface area contributed by atoms with Crippen LogP contribution in [0, 0.1) is 5.92 Å². The lowest BCUT2D eigenvalue weighted by atomic mass is 10.0. The molecule has 0 aliphatic heterocycles. The fraction of sp³-hybridized carbons (Fsp3) is 0.457. The average Bonchev–Trinajstić information content (AvgIpc) is 3.09. The van der Waals surface area contributed by atoms with Crippen LogP contribution in [0.5, 0.6) is 5.75 Å². The summed E-state index contributed by atoms with van der Waals surface area (Å²) in [6.45, 7) is 2.89. The highest BCUT2D eigenvalue weighted by Crippen LogP contribution is 2.12. The van der Waals surface area contributed by atoms with E-state index in [0.29, 0.717) is 30.5 Å². The number of carbonyl (C=O) groups excluding carboxylic acids is 5. The van der Waals surface area contributed by atoms with Crippen molar-refractivity contribution in [2.24, 2.45) is 17.4 Å². The molecule has 17 heteroatoms. The second-order valence-electron chi connectivity index (χ2n) is 12.6. The van der Waals surface area contributed by atoms with E-state index >= 15 is 0 Å². The molecule has 2 aromatic carbocycles. The van der Waals surface area contributed by atoms with E-state index < -0.39 is 90.6 Å². The summed E-state index contributed by atoms with van der Waals surface area (Å²) in [6.07, 6.45) is 0.316. The van der Waals surface area contributed by atoms with E-state index in [4.69, 9.17) is 11.5 Å². The first-order valence-corrected chi connectivity index (χ1v) is 16.8. The molecule has 5 atom stereocenters. The molecule has 52 heavy (non-hydrogen) atoms. The van der Waals surface area contributed by atoms with Crippen molar-refractivity contribution in [1.82, 2.24) is 26.6 Å². The molecule has 2 aromatic rings. The van der Waals surface area contributed by atoms with E-state index in [0.717, 1.165) is 0 Å². The first-order chi connectivity index (χ1) is 24.6. The molecular weight excluding hydrogens is 678 g/mol. The molecule has 0 radical (unpaired) electrons. The number of aliphatic carboxylic acids is 2. The van der Waals surface area contributed by atoms with Gasteiger partial charge in [0.2, 0.25) is 29.5 Å². The third kappa shape index (κ3) is 15.1. The number of phenols is 1. The van der Waals surface area contributed by atoms with Crippen molar-refractivity contribution in [2.75, 3.05) is 13.1 Å². The minimum absolute atomic E-state index is 0.0325. The van der Waals surface area contributed by atoms with Crippen molar-refractivity contribution in [3.05, 3.63) is 65.7 Å². The number of benzene rings is 2. The lowest BCUT2D eigenvalue weighted by molar-refractivity contribution is -0.142. The molecule has 5 amide bonds. The molecule has 0 spiro atoms. The van der Waals surface area contributed by atoms with E-state index in [-0.39, 0.29) is 25.0 Å². The topological polar surface area (TPSA) is 292 Å². The van der Waals surface area contributed by atoms with Gasteiger partial charge in [0.05, 0.1) is 19.0 Å². The first-order valence-electron chi connectivity index (χ1n) is 16.8. The fourth-order valence-electron chi connectivity index (χ4n) is 5.03. The van der Waals surface area contributed by atoms with Gasteiger partial charge in [0.15, 0.2) is 0 Å². The Hall–Kier alpha value is -5.55. The highest BCUT2D eigenvalue weighted by Gasteiger charge is 2.31. The molecule has 0 aliphatic rings. The van der Waals surface area contributed by atoms with Gasteiger partial charge < -0.3 is 53.4 Å². The van der Waals surface area contributed by atoms with Gasteiger partial charge in [-0.1, -0.05) is 56.3 Å². The highest BCUT2D eigenvalue weighted by atomic mass is 16.4. The van der Waals surface area contributed by atoms with Gasteiger partial charge in [0.1, 0.15) is 29.9 Å². The van der Waals surface area contributed by atoms with E-state index in [1.165, 1.54) is 12.1 Å². The van der Waals surface area contributed by atoms with E-state index in [9.17, 15) is 48.9 Å². The van der Waals surface area contributed by atoms with Crippen molar-refractivity contribution in [3.63, 3.8) is 0 Å². The third-order valence-electron chi connectivity index (χ3n) is 7.91. The summed E-state index contributed by atoms with van der Waals surface area (Å²) in [6, 6.07) is 8.21. The maximum Gasteiger partial charge on any atom is 0.326 e. The molecule has 0 saturated heterocycles. The van der Waals surface area contributed by atoms with Gasteiger partial charge in [-0.15, -0.1) is 0 Å². The molecule has 0 aromatic heterocycles.